The summed E-state index contributed by atoms with van der Waals surface area (Å²) in [6.07, 6.45) is 3.88. The molecule has 6 nitrogen and oxygen atoms in total. The number of ether oxygens (including phenoxy) is 1. The van der Waals surface area contributed by atoms with Crippen molar-refractivity contribution in [2.75, 3.05) is 25.2 Å². The maximum absolute atomic E-state index is 6.03. The maximum atomic E-state index is 6.03. The zero-order chi connectivity index (χ0) is 12.5. The molecule has 0 N–H and O–H groups in total. The Morgan fingerprint density at radius 1 is 1.56 bits per heavy atom. The Bertz CT molecular complexity index is 553. The number of aromatic nitrogens is 4. The molecule has 0 saturated heterocycles. The quantitative estimate of drug-likeness (QED) is 0.767. The summed E-state index contributed by atoms with van der Waals surface area (Å²) in [6, 6.07) is 2.38. The molecule has 96 valence electrons. The molecule has 1 aliphatic carbocycles. The van der Waals surface area contributed by atoms with Crippen molar-refractivity contribution < 1.29 is 4.74 Å². The van der Waals surface area contributed by atoms with Crippen molar-refractivity contribution in [3.63, 3.8) is 0 Å². The Labute approximate surface area is 110 Å². The molecule has 2 aromatic heterocycles. The van der Waals surface area contributed by atoms with Gasteiger partial charge in [-0.3, -0.25) is 0 Å². The number of hydrogen-bond donors (Lipinski definition) is 0. The fourth-order valence-electron chi connectivity index (χ4n) is 2.03. The van der Waals surface area contributed by atoms with Gasteiger partial charge in [0.25, 0.3) is 5.78 Å². The van der Waals surface area contributed by atoms with Crippen molar-refractivity contribution in [2.45, 2.75) is 18.9 Å². The van der Waals surface area contributed by atoms with Crippen LogP contribution in [0.15, 0.2) is 12.4 Å². The van der Waals surface area contributed by atoms with Gasteiger partial charge >= 0.3 is 0 Å². The molecule has 2 aromatic rings. The molecular weight excluding hydrogens is 254 g/mol. The van der Waals surface area contributed by atoms with E-state index in [1.165, 1.54) is 19.2 Å². The van der Waals surface area contributed by atoms with Crippen LogP contribution in [0.25, 0.3) is 5.78 Å². The molecule has 3 rings (SSSR count). The van der Waals surface area contributed by atoms with Crippen LogP contribution in [0.5, 0.6) is 0 Å². The molecule has 0 amide bonds. The number of hydrogen-bond acceptors (Lipinski definition) is 5. The fourth-order valence-corrected chi connectivity index (χ4v) is 2.21. The van der Waals surface area contributed by atoms with Crippen LogP contribution in [0.3, 0.4) is 0 Å². The highest BCUT2D eigenvalue weighted by atomic mass is 35.5. The van der Waals surface area contributed by atoms with E-state index in [1.807, 2.05) is 6.07 Å². The fraction of sp³-hybridized carbons (Fsp3) is 0.545. The van der Waals surface area contributed by atoms with E-state index in [9.17, 15) is 0 Å². The number of methoxy groups -OCH3 is 1. The van der Waals surface area contributed by atoms with Crippen LogP contribution in [0.1, 0.15) is 12.8 Å². The first-order valence-electron chi connectivity index (χ1n) is 5.91. The first-order valence-corrected chi connectivity index (χ1v) is 6.29. The largest absolute Gasteiger partial charge is 0.383 e. The highest BCUT2D eigenvalue weighted by Crippen LogP contribution is 2.32. The van der Waals surface area contributed by atoms with E-state index in [2.05, 4.69) is 20.0 Å². The number of fused-ring (bicyclic) bond motifs is 1. The van der Waals surface area contributed by atoms with E-state index in [1.54, 1.807) is 11.6 Å². The van der Waals surface area contributed by atoms with E-state index in [4.69, 9.17) is 16.3 Å². The van der Waals surface area contributed by atoms with E-state index < -0.39 is 0 Å². The average Bonchev–Trinajstić information content (AvgIpc) is 3.08. The molecule has 1 saturated carbocycles. The first kappa shape index (κ1) is 11.7. The van der Waals surface area contributed by atoms with Crippen LogP contribution in [0.4, 0.5) is 5.82 Å². The van der Waals surface area contributed by atoms with Gasteiger partial charge in [0.1, 0.15) is 17.3 Å². The maximum Gasteiger partial charge on any atom is 0.255 e. The van der Waals surface area contributed by atoms with Gasteiger partial charge in [-0.05, 0) is 12.8 Å². The van der Waals surface area contributed by atoms with Gasteiger partial charge in [-0.25, -0.2) is 0 Å². The highest BCUT2D eigenvalue weighted by Gasteiger charge is 2.30. The zero-order valence-corrected chi connectivity index (χ0v) is 10.8. The van der Waals surface area contributed by atoms with Gasteiger partial charge in [0.2, 0.25) is 0 Å². The molecule has 7 heteroatoms. The van der Waals surface area contributed by atoms with Gasteiger partial charge in [0.15, 0.2) is 0 Å². The molecule has 1 fully saturated rings. The van der Waals surface area contributed by atoms with Gasteiger partial charge in [0.05, 0.1) is 6.61 Å². The summed E-state index contributed by atoms with van der Waals surface area (Å²) in [5, 5.41) is 4.64. The Balaban J connectivity index is 2.01. The molecule has 18 heavy (non-hydrogen) atoms. The van der Waals surface area contributed by atoms with Crippen LogP contribution in [-0.4, -0.2) is 45.9 Å². The second kappa shape index (κ2) is 4.70. The molecule has 0 aromatic carbocycles. The first-order chi connectivity index (χ1) is 8.79. The Kier molecular flexibility index (Phi) is 3.05. The minimum absolute atomic E-state index is 0.438. The van der Waals surface area contributed by atoms with Crippen LogP contribution in [0, 0.1) is 0 Å². The molecule has 0 unspecified atom stereocenters. The second-order valence-electron chi connectivity index (χ2n) is 4.33. The molecule has 0 bridgehead atoms. The van der Waals surface area contributed by atoms with Gasteiger partial charge in [-0.1, -0.05) is 11.6 Å². The molecule has 0 aliphatic heterocycles. The van der Waals surface area contributed by atoms with Crippen molar-refractivity contribution in [1.82, 2.24) is 19.6 Å². The van der Waals surface area contributed by atoms with E-state index in [-0.39, 0.29) is 0 Å². The van der Waals surface area contributed by atoms with E-state index in [0.29, 0.717) is 23.6 Å². The van der Waals surface area contributed by atoms with Crippen molar-refractivity contribution in [3.8, 4) is 0 Å². The lowest BCUT2D eigenvalue weighted by molar-refractivity contribution is 0.204. The smallest absolute Gasteiger partial charge is 0.255 e. The van der Waals surface area contributed by atoms with Gasteiger partial charge in [0, 0.05) is 25.8 Å². The summed E-state index contributed by atoms with van der Waals surface area (Å²) in [7, 11) is 1.70. The second-order valence-corrected chi connectivity index (χ2v) is 4.71. The number of nitrogens with zero attached hydrogens (tertiary/aromatic N) is 5. The summed E-state index contributed by atoms with van der Waals surface area (Å²) in [5.74, 6) is 1.46. The third-order valence-electron chi connectivity index (χ3n) is 3.02. The normalized spacial score (nSPS) is 15.2. The molecule has 1 aliphatic rings. The third kappa shape index (κ3) is 2.13. The highest BCUT2D eigenvalue weighted by molar-refractivity contribution is 6.29. The number of anilines is 1. The molecule has 0 atom stereocenters. The van der Waals surface area contributed by atoms with E-state index in [0.717, 1.165) is 12.4 Å². The van der Waals surface area contributed by atoms with Gasteiger partial charge < -0.3 is 9.64 Å². The Morgan fingerprint density at radius 2 is 2.39 bits per heavy atom. The Morgan fingerprint density at radius 3 is 3.11 bits per heavy atom. The summed E-state index contributed by atoms with van der Waals surface area (Å²) in [4.78, 5) is 10.5. The van der Waals surface area contributed by atoms with Crippen LogP contribution in [-0.2, 0) is 4.74 Å². The lowest BCUT2D eigenvalue weighted by Gasteiger charge is -2.24. The standard InChI is InChI=1S/C11H14ClN5O/c1-18-5-4-16(8-2-3-8)10-6-9(12)15-11-13-7-14-17(10)11/h6-8H,2-5H2,1H3. The van der Waals surface area contributed by atoms with Crippen LogP contribution >= 0.6 is 11.6 Å². The minimum Gasteiger partial charge on any atom is -0.383 e. The molecule has 2 heterocycles. The van der Waals surface area contributed by atoms with Crippen LogP contribution < -0.4 is 4.90 Å². The van der Waals surface area contributed by atoms with Crippen molar-refractivity contribution in [2.24, 2.45) is 0 Å². The number of halogens is 1. The summed E-state index contributed by atoms with van der Waals surface area (Å²) >= 11 is 6.03. The SMILES string of the molecule is COCCN(c1cc(Cl)nc2ncnn12)C1CC1. The third-order valence-corrected chi connectivity index (χ3v) is 3.21. The van der Waals surface area contributed by atoms with E-state index >= 15 is 0 Å². The minimum atomic E-state index is 0.438. The predicted octanol–water partition coefficient (Wildman–Crippen LogP) is 1.39. The van der Waals surface area contributed by atoms with Crippen LogP contribution in [0.2, 0.25) is 5.15 Å². The van der Waals surface area contributed by atoms with Crippen molar-refractivity contribution >= 4 is 23.2 Å². The van der Waals surface area contributed by atoms with Gasteiger partial charge in [-0.15, -0.1) is 0 Å². The monoisotopic (exact) mass is 267 g/mol. The molecule has 0 spiro atoms. The van der Waals surface area contributed by atoms with Crippen molar-refractivity contribution in [1.29, 1.82) is 0 Å². The molecular formula is C11H14ClN5O. The summed E-state index contributed by atoms with van der Waals surface area (Å²) in [5.41, 5.74) is 0. The topological polar surface area (TPSA) is 55.5 Å². The summed E-state index contributed by atoms with van der Waals surface area (Å²) < 4.78 is 6.88. The summed E-state index contributed by atoms with van der Waals surface area (Å²) in [6.45, 7) is 1.49. The van der Waals surface area contributed by atoms with Crippen molar-refractivity contribution in [3.05, 3.63) is 17.5 Å². The number of rotatable bonds is 5. The zero-order valence-electron chi connectivity index (χ0n) is 10.1. The predicted molar refractivity (Wildman–Crippen MR) is 68.0 cm³/mol. The average molecular weight is 268 g/mol. The van der Waals surface area contributed by atoms with Gasteiger partial charge in [-0.2, -0.15) is 19.6 Å². The lowest BCUT2D eigenvalue weighted by Crippen LogP contribution is -2.31. The Hall–Kier alpha value is -1.40. The molecule has 0 radical (unpaired) electrons. The lowest BCUT2D eigenvalue weighted by atomic mass is 10.4.